The summed E-state index contributed by atoms with van der Waals surface area (Å²) in [7, 11) is 0. The van der Waals surface area contributed by atoms with E-state index in [4.69, 9.17) is 4.52 Å². The first kappa shape index (κ1) is 18.1. The molecule has 3 rings (SSSR count). The zero-order valence-corrected chi connectivity index (χ0v) is 16.1. The zero-order chi connectivity index (χ0) is 18.5. The Bertz CT molecular complexity index is 910. The Morgan fingerprint density at radius 1 is 1.23 bits per heavy atom. The molecule has 1 heterocycles. The third-order valence-electron chi connectivity index (χ3n) is 3.90. The van der Waals surface area contributed by atoms with Crippen molar-refractivity contribution in [3.05, 3.63) is 53.0 Å². The van der Waals surface area contributed by atoms with Gasteiger partial charge >= 0.3 is 6.03 Å². The van der Waals surface area contributed by atoms with Gasteiger partial charge in [0.1, 0.15) is 0 Å². The van der Waals surface area contributed by atoms with E-state index in [0.29, 0.717) is 17.4 Å². The summed E-state index contributed by atoms with van der Waals surface area (Å²) in [6.07, 6.45) is 0.869. The number of hydrogen-bond acceptors (Lipinski definition) is 4. The summed E-state index contributed by atoms with van der Waals surface area (Å²) >= 11 is 3.48. The smallest absolute Gasteiger partial charge is 0.319 e. The second kappa shape index (κ2) is 8.14. The molecule has 3 aromatic rings. The molecule has 0 unspecified atom stereocenters. The summed E-state index contributed by atoms with van der Waals surface area (Å²) in [5.41, 5.74) is 2.25. The Morgan fingerprint density at radius 3 is 2.81 bits per heavy atom. The first-order chi connectivity index (χ1) is 12.6. The molecule has 7 heteroatoms. The Hall–Kier alpha value is -2.67. The fourth-order valence-corrected chi connectivity index (χ4v) is 2.77. The standard InChI is InChI=1S/C19H19BrN4O2/c1-3-12(2)21-19(25)22-14-8-6-7-13(11-14)17-23-18(26-24-17)15-9-4-5-10-16(15)20/h4-12H,3H2,1-2H3,(H2,21,22,25)/t12-/m0/s1. The molecule has 0 aliphatic heterocycles. The van der Waals surface area contributed by atoms with Crippen LogP contribution in [0.5, 0.6) is 0 Å². The number of nitrogens with one attached hydrogen (secondary N) is 2. The van der Waals surface area contributed by atoms with Crippen molar-refractivity contribution >= 4 is 27.6 Å². The first-order valence-electron chi connectivity index (χ1n) is 8.33. The zero-order valence-electron chi connectivity index (χ0n) is 14.5. The fraction of sp³-hybridized carbons (Fsp3) is 0.211. The van der Waals surface area contributed by atoms with Gasteiger partial charge in [-0.05, 0) is 53.5 Å². The number of carbonyl (C=O) groups is 1. The molecule has 2 aromatic carbocycles. The van der Waals surface area contributed by atoms with Gasteiger partial charge in [-0.25, -0.2) is 4.79 Å². The Balaban J connectivity index is 1.79. The molecule has 0 saturated heterocycles. The SMILES string of the molecule is CC[C@H](C)NC(=O)Nc1cccc(-c2noc(-c3ccccc3Br)n2)c1. The van der Waals surface area contributed by atoms with Crippen LogP contribution < -0.4 is 10.6 Å². The van der Waals surface area contributed by atoms with Gasteiger partial charge in [0.15, 0.2) is 0 Å². The Labute approximate surface area is 160 Å². The Kier molecular flexibility index (Phi) is 5.68. The van der Waals surface area contributed by atoms with E-state index in [1.807, 2.05) is 62.4 Å². The van der Waals surface area contributed by atoms with Crippen LogP contribution in [0, 0.1) is 0 Å². The van der Waals surface area contributed by atoms with Crippen molar-refractivity contribution in [2.45, 2.75) is 26.3 Å². The highest BCUT2D eigenvalue weighted by Crippen LogP contribution is 2.28. The highest BCUT2D eigenvalue weighted by Gasteiger charge is 2.13. The number of anilines is 1. The van der Waals surface area contributed by atoms with Crippen molar-refractivity contribution in [3.8, 4) is 22.8 Å². The van der Waals surface area contributed by atoms with Crippen LogP contribution in [0.15, 0.2) is 57.5 Å². The quantitative estimate of drug-likeness (QED) is 0.609. The molecule has 0 aliphatic rings. The number of nitrogens with zero attached hydrogens (tertiary/aromatic N) is 2. The van der Waals surface area contributed by atoms with Crippen LogP contribution in [0.3, 0.4) is 0 Å². The molecule has 2 amide bonds. The number of amides is 2. The largest absolute Gasteiger partial charge is 0.335 e. The topological polar surface area (TPSA) is 80.0 Å². The van der Waals surface area contributed by atoms with Crippen molar-refractivity contribution in [2.75, 3.05) is 5.32 Å². The van der Waals surface area contributed by atoms with Crippen LogP contribution in [0.2, 0.25) is 0 Å². The monoisotopic (exact) mass is 414 g/mol. The third kappa shape index (κ3) is 4.29. The van der Waals surface area contributed by atoms with E-state index in [0.717, 1.165) is 22.0 Å². The molecule has 1 atom stereocenters. The molecule has 26 heavy (non-hydrogen) atoms. The summed E-state index contributed by atoms with van der Waals surface area (Å²) in [6, 6.07) is 14.8. The highest BCUT2D eigenvalue weighted by atomic mass is 79.9. The van der Waals surface area contributed by atoms with Crippen LogP contribution in [0.4, 0.5) is 10.5 Å². The van der Waals surface area contributed by atoms with Gasteiger partial charge in [0.2, 0.25) is 5.82 Å². The minimum atomic E-state index is -0.237. The molecular formula is C19H19BrN4O2. The predicted molar refractivity (Wildman–Crippen MR) is 105 cm³/mol. The molecule has 0 bridgehead atoms. The number of rotatable bonds is 5. The van der Waals surface area contributed by atoms with E-state index in [1.165, 1.54) is 0 Å². The van der Waals surface area contributed by atoms with Gasteiger partial charge in [-0.1, -0.05) is 36.3 Å². The predicted octanol–water partition coefficient (Wildman–Crippen LogP) is 5.09. The summed E-state index contributed by atoms with van der Waals surface area (Å²) in [6.45, 7) is 3.98. The van der Waals surface area contributed by atoms with Crippen LogP contribution >= 0.6 is 15.9 Å². The number of aromatic nitrogens is 2. The lowest BCUT2D eigenvalue weighted by molar-refractivity contribution is 0.249. The lowest BCUT2D eigenvalue weighted by Gasteiger charge is -2.12. The van der Waals surface area contributed by atoms with E-state index in [9.17, 15) is 4.79 Å². The number of urea groups is 1. The van der Waals surface area contributed by atoms with Crippen molar-refractivity contribution in [3.63, 3.8) is 0 Å². The fourth-order valence-electron chi connectivity index (χ4n) is 2.31. The van der Waals surface area contributed by atoms with Crippen LogP contribution in [-0.2, 0) is 0 Å². The number of benzene rings is 2. The van der Waals surface area contributed by atoms with Crippen molar-refractivity contribution in [2.24, 2.45) is 0 Å². The van der Waals surface area contributed by atoms with E-state index in [1.54, 1.807) is 0 Å². The maximum atomic E-state index is 12.0. The first-order valence-corrected chi connectivity index (χ1v) is 9.12. The molecule has 0 radical (unpaired) electrons. The second-order valence-corrected chi connectivity index (χ2v) is 6.75. The lowest BCUT2D eigenvalue weighted by Crippen LogP contribution is -2.35. The van der Waals surface area contributed by atoms with Gasteiger partial charge in [-0.2, -0.15) is 4.98 Å². The maximum absolute atomic E-state index is 12.0. The van der Waals surface area contributed by atoms with Crippen molar-refractivity contribution < 1.29 is 9.32 Å². The van der Waals surface area contributed by atoms with Gasteiger partial charge in [0, 0.05) is 21.8 Å². The molecule has 0 spiro atoms. The van der Waals surface area contributed by atoms with Crippen molar-refractivity contribution in [1.29, 1.82) is 0 Å². The number of hydrogen-bond donors (Lipinski definition) is 2. The summed E-state index contributed by atoms with van der Waals surface area (Å²) in [5, 5.41) is 9.74. The molecule has 134 valence electrons. The molecule has 2 N–H and O–H groups in total. The van der Waals surface area contributed by atoms with Gasteiger partial charge in [0.25, 0.3) is 5.89 Å². The molecule has 0 aliphatic carbocycles. The molecule has 1 aromatic heterocycles. The summed E-state index contributed by atoms with van der Waals surface area (Å²) in [4.78, 5) is 16.4. The summed E-state index contributed by atoms with van der Waals surface area (Å²) < 4.78 is 6.27. The maximum Gasteiger partial charge on any atom is 0.319 e. The van der Waals surface area contributed by atoms with Gasteiger partial charge < -0.3 is 15.2 Å². The lowest BCUT2D eigenvalue weighted by atomic mass is 10.2. The van der Waals surface area contributed by atoms with Gasteiger partial charge in [-0.3, -0.25) is 0 Å². The summed E-state index contributed by atoms with van der Waals surface area (Å²) in [5.74, 6) is 0.891. The van der Waals surface area contributed by atoms with Crippen LogP contribution in [0.1, 0.15) is 20.3 Å². The minimum absolute atomic E-state index is 0.113. The van der Waals surface area contributed by atoms with E-state index < -0.39 is 0 Å². The van der Waals surface area contributed by atoms with Gasteiger partial charge in [0.05, 0.1) is 5.56 Å². The van der Waals surface area contributed by atoms with Crippen LogP contribution in [0.25, 0.3) is 22.8 Å². The molecular weight excluding hydrogens is 396 g/mol. The third-order valence-corrected chi connectivity index (χ3v) is 4.59. The van der Waals surface area contributed by atoms with E-state index >= 15 is 0 Å². The molecule has 0 saturated carbocycles. The Morgan fingerprint density at radius 2 is 2.04 bits per heavy atom. The minimum Gasteiger partial charge on any atom is -0.335 e. The van der Waals surface area contributed by atoms with E-state index in [-0.39, 0.29) is 12.1 Å². The number of carbonyl (C=O) groups excluding carboxylic acids is 1. The van der Waals surface area contributed by atoms with E-state index in [2.05, 4.69) is 36.7 Å². The number of halogens is 1. The highest BCUT2D eigenvalue weighted by molar-refractivity contribution is 9.10. The average Bonchev–Trinajstić information content (AvgIpc) is 3.12. The van der Waals surface area contributed by atoms with Gasteiger partial charge in [-0.15, -0.1) is 0 Å². The second-order valence-electron chi connectivity index (χ2n) is 5.89. The molecule has 0 fully saturated rings. The van der Waals surface area contributed by atoms with Crippen molar-refractivity contribution in [1.82, 2.24) is 15.5 Å². The average molecular weight is 415 g/mol. The van der Waals surface area contributed by atoms with Crippen LogP contribution in [-0.4, -0.2) is 22.2 Å². The normalized spacial score (nSPS) is 11.8. The molecule has 6 nitrogen and oxygen atoms in total.